The van der Waals surface area contributed by atoms with Crippen molar-refractivity contribution in [2.24, 2.45) is 5.92 Å². The molecule has 1 aliphatic carbocycles. The quantitative estimate of drug-likeness (QED) is 0.320. The molecule has 1 fully saturated rings. The molecule has 4 rings (SSSR count). The Bertz CT molecular complexity index is 1240. The molecule has 0 unspecified atom stereocenters. The van der Waals surface area contributed by atoms with E-state index in [0.29, 0.717) is 37.8 Å². The molecule has 35 heavy (non-hydrogen) atoms. The first-order valence-electron chi connectivity index (χ1n) is 10.4. The number of carbonyl (C=O) groups excluding carboxylic acids is 1. The number of nitrogens with one attached hydrogen (secondary N) is 2. The molecule has 1 saturated carbocycles. The Balaban J connectivity index is 1.35. The van der Waals surface area contributed by atoms with Crippen LogP contribution in [0.15, 0.2) is 34.7 Å². The van der Waals surface area contributed by atoms with E-state index in [4.69, 9.17) is 14.3 Å². The highest BCUT2D eigenvalue weighted by Gasteiger charge is 2.27. The number of hydrogen-bond acceptors (Lipinski definition) is 7. The molecule has 0 spiro atoms. The molecule has 3 aromatic rings. The highest BCUT2D eigenvalue weighted by Crippen LogP contribution is 2.29. The van der Waals surface area contributed by atoms with Crippen LogP contribution < -0.4 is 15.4 Å². The second-order valence-corrected chi connectivity index (χ2v) is 7.82. The third-order valence-corrected chi connectivity index (χ3v) is 5.37. The summed E-state index contributed by atoms with van der Waals surface area (Å²) < 4.78 is 64.9. The number of rotatable bonds is 7. The Morgan fingerprint density at radius 3 is 2.29 bits per heavy atom. The van der Waals surface area contributed by atoms with E-state index in [1.165, 1.54) is 12.1 Å². The predicted octanol–water partition coefficient (Wildman–Crippen LogP) is 4.64. The van der Waals surface area contributed by atoms with Gasteiger partial charge in [0, 0.05) is 23.9 Å². The molecule has 0 aliphatic heterocycles. The first-order valence-corrected chi connectivity index (χ1v) is 10.4. The summed E-state index contributed by atoms with van der Waals surface area (Å²) in [5.74, 6) is -7.88. The monoisotopic (exact) mass is 494 g/mol. The Morgan fingerprint density at radius 1 is 0.971 bits per heavy atom. The summed E-state index contributed by atoms with van der Waals surface area (Å²) in [6.45, 7) is 0. The van der Waals surface area contributed by atoms with Gasteiger partial charge in [0.05, 0.1) is 17.7 Å². The van der Waals surface area contributed by atoms with Gasteiger partial charge in [-0.1, -0.05) is 5.10 Å². The van der Waals surface area contributed by atoms with Gasteiger partial charge in [-0.05, 0) is 37.8 Å². The van der Waals surface area contributed by atoms with Gasteiger partial charge in [0.1, 0.15) is 11.6 Å². The zero-order chi connectivity index (χ0) is 25.1. The molecule has 1 aromatic heterocycles. The standard InChI is InChI=1S/C22H18F4N4O5/c23-14-9-13(34-12-3-1-10(2-4-12)21(32)33)5-6-17(14)28-19(31)20-29-30-22(35-20)27-11-7-15(24)18(26)16(25)8-11/h5-10,12H,1-4H2,(H,27,30)(H,28,31)(H,32,33). The molecule has 0 radical (unpaired) electrons. The van der Waals surface area contributed by atoms with Crippen molar-refractivity contribution in [1.82, 2.24) is 10.2 Å². The molecule has 9 nitrogen and oxygen atoms in total. The molecule has 3 N–H and O–H groups in total. The number of hydrogen-bond donors (Lipinski definition) is 3. The molecule has 1 amide bonds. The van der Waals surface area contributed by atoms with Crippen LogP contribution in [0.2, 0.25) is 0 Å². The Kier molecular flexibility index (Phi) is 6.85. The van der Waals surface area contributed by atoms with Crippen LogP contribution in [0, 0.1) is 29.2 Å². The average molecular weight is 494 g/mol. The van der Waals surface area contributed by atoms with Gasteiger partial charge in [-0.25, -0.2) is 17.6 Å². The van der Waals surface area contributed by atoms with E-state index in [0.717, 1.165) is 6.07 Å². The zero-order valence-corrected chi connectivity index (χ0v) is 17.9. The molecular formula is C22H18F4N4O5. The van der Waals surface area contributed by atoms with Gasteiger partial charge in [0.15, 0.2) is 17.5 Å². The van der Waals surface area contributed by atoms with Crippen molar-refractivity contribution in [3.05, 3.63) is 59.5 Å². The highest BCUT2D eigenvalue weighted by atomic mass is 19.2. The smallest absolute Gasteiger partial charge is 0.320 e. The lowest BCUT2D eigenvalue weighted by Gasteiger charge is -2.26. The molecule has 0 bridgehead atoms. The van der Waals surface area contributed by atoms with Crippen LogP contribution in [0.25, 0.3) is 0 Å². The predicted molar refractivity (Wildman–Crippen MR) is 112 cm³/mol. The van der Waals surface area contributed by atoms with E-state index in [1.807, 2.05) is 0 Å². The molecule has 0 saturated heterocycles. The van der Waals surface area contributed by atoms with Crippen molar-refractivity contribution >= 4 is 29.3 Å². The Hall–Kier alpha value is -4.16. The van der Waals surface area contributed by atoms with Crippen molar-refractivity contribution in [3.8, 4) is 5.75 Å². The molecular weight excluding hydrogens is 476 g/mol. The molecule has 184 valence electrons. The minimum absolute atomic E-state index is 0.202. The first-order chi connectivity index (χ1) is 16.7. The maximum Gasteiger partial charge on any atom is 0.320 e. The van der Waals surface area contributed by atoms with Crippen molar-refractivity contribution < 1.29 is 41.4 Å². The van der Waals surface area contributed by atoms with Crippen LogP contribution >= 0.6 is 0 Å². The third kappa shape index (κ3) is 5.67. The summed E-state index contributed by atoms with van der Waals surface area (Å²) in [5, 5.41) is 20.6. The van der Waals surface area contributed by atoms with Crippen molar-refractivity contribution in [3.63, 3.8) is 0 Å². The number of ether oxygens (including phenoxy) is 1. The summed E-state index contributed by atoms with van der Waals surface area (Å²) in [7, 11) is 0. The summed E-state index contributed by atoms with van der Waals surface area (Å²) in [6.07, 6.45) is 1.77. The number of aromatic nitrogens is 2. The van der Waals surface area contributed by atoms with E-state index in [-0.39, 0.29) is 23.2 Å². The number of benzene rings is 2. The second kappa shape index (κ2) is 9.99. The Morgan fingerprint density at radius 2 is 1.66 bits per heavy atom. The van der Waals surface area contributed by atoms with E-state index in [1.54, 1.807) is 0 Å². The zero-order valence-electron chi connectivity index (χ0n) is 17.9. The molecule has 1 heterocycles. The van der Waals surface area contributed by atoms with Crippen LogP contribution in [0.4, 0.5) is 35.0 Å². The van der Waals surface area contributed by atoms with E-state index >= 15 is 0 Å². The molecule has 2 aromatic carbocycles. The fraction of sp³-hybridized carbons (Fsp3) is 0.273. The van der Waals surface area contributed by atoms with Crippen LogP contribution in [0.3, 0.4) is 0 Å². The van der Waals surface area contributed by atoms with Crippen molar-refractivity contribution in [2.45, 2.75) is 31.8 Å². The lowest BCUT2D eigenvalue weighted by Crippen LogP contribution is -2.27. The van der Waals surface area contributed by atoms with Gasteiger partial charge in [0.2, 0.25) is 0 Å². The SMILES string of the molecule is O=C(Nc1ccc(OC2CCC(C(=O)O)CC2)cc1F)c1nnc(Nc2cc(F)c(F)c(F)c2)o1. The number of halogens is 4. The average Bonchev–Trinajstić information content (AvgIpc) is 3.28. The summed E-state index contributed by atoms with van der Waals surface area (Å²) >= 11 is 0. The number of nitrogens with zero attached hydrogens (tertiary/aromatic N) is 2. The minimum atomic E-state index is -1.65. The maximum atomic E-state index is 14.5. The van der Waals surface area contributed by atoms with E-state index in [9.17, 15) is 27.2 Å². The van der Waals surface area contributed by atoms with Crippen LogP contribution in [-0.2, 0) is 4.79 Å². The summed E-state index contributed by atoms with van der Waals surface area (Å²) in [5.41, 5.74) is -0.442. The lowest BCUT2D eigenvalue weighted by molar-refractivity contribution is -0.143. The van der Waals surface area contributed by atoms with Crippen LogP contribution in [0.5, 0.6) is 5.75 Å². The van der Waals surface area contributed by atoms with Gasteiger partial charge in [-0.2, -0.15) is 0 Å². The van der Waals surface area contributed by atoms with Gasteiger partial charge in [-0.3, -0.25) is 9.59 Å². The van der Waals surface area contributed by atoms with Crippen molar-refractivity contribution in [2.75, 3.05) is 10.6 Å². The second-order valence-electron chi connectivity index (χ2n) is 7.82. The van der Waals surface area contributed by atoms with Gasteiger partial charge in [0.25, 0.3) is 0 Å². The molecule has 0 atom stereocenters. The number of carboxylic acids is 1. The number of aliphatic carboxylic acids is 1. The topological polar surface area (TPSA) is 127 Å². The Labute approximate surface area is 195 Å². The first kappa shape index (κ1) is 24.0. The largest absolute Gasteiger partial charge is 0.490 e. The van der Waals surface area contributed by atoms with Gasteiger partial charge < -0.3 is 24.9 Å². The number of carbonyl (C=O) groups is 2. The third-order valence-electron chi connectivity index (χ3n) is 5.37. The molecule has 1 aliphatic rings. The lowest BCUT2D eigenvalue weighted by atomic mass is 9.87. The highest BCUT2D eigenvalue weighted by molar-refractivity contribution is 6.01. The summed E-state index contributed by atoms with van der Waals surface area (Å²) in [6, 6.07) is 4.68. The minimum Gasteiger partial charge on any atom is -0.490 e. The van der Waals surface area contributed by atoms with E-state index < -0.39 is 53.0 Å². The number of anilines is 3. The van der Waals surface area contributed by atoms with Gasteiger partial charge in [-0.15, -0.1) is 5.10 Å². The van der Waals surface area contributed by atoms with E-state index in [2.05, 4.69) is 20.8 Å². The molecule has 13 heteroatoms. The van der Waals surface area contributed by atoms with Crippen LogP contribution in [0.1, 0.15) is 36.4 Å². The van der Waals surface area contributed by atoms with Gasteiger partial charge >= 0.3 is 23.8 Å². The van der Waals surface area contributed by atoms with Crippen molar-refractivity contribution in [1.29, 1.82) is 0 Å². The maximum absolute atomic E-state index is 14.5. The fourth-order valence-corrected chi connectivity index (χ4v) is 3.58. The van der Waals surface area contributed by atoms with Crippen LogP contribution in [-0.4, -0.2) is 33.3 Å². The number of amides is 1. The summed E-state index contributed by atoms with van der Waals surface area (Å²) in [4.78, 5) is 23.3. The normalized spacial score (nSPS) is 17.6. The fourth-order valence-electron chi connectivity index (χ4n) is 3.58. The number of carboxylic acid groups (broad SMARTS) is 1.